The van der Waals surface area contributed by atoms with E-state index in [1.54, 1.807) is 25.7 Å². The van der Waals surface area contributed by atoms with E-state index in [9.17, 15) is 28.1 Å². The summed E-state index contributed by atoms with van der Waals surface area (Å²) in [7, 11) is -3.86. The molecule has 0 aromatic heterocycles. The van der Waals surface area contributed by atoms with Crippen LogP contribution in [-0.2, 0) is 24.3 Å². The molecule has 0 saturated carbocycles. The van der Waals surface area contributed by atoms with Crippen LogP contribution in [-0.4, -0.2) is 73.7 Å². The predicted molar refractivity (Wildman–Crippen MR) is 115 cm³/mol. The smallest absolute Gasteiger partial charge is 0.338 e. The van der Waals surface area contributed by atoms with Crippen molar-refractivity contribution >= 4 is 27.8 Å². The van der Waals surface area contributed by atoms with E-state index < -0.39 is 34.0 Å². The number of hydrogen-bond donors (Lipinski definition) is 1. The van der Waals surface area contributed by atoms with Crippen LogP contribution in [0.1, 0.15) is 38.1 Å². The highest BCUT2D eigenvalue weighted by atomic mass is 32.2. The van der Waals surface area contributed by atoms with E-state index in [1.807, 2.05) is 6.07 Å². The van der Waals surface area contributed by atoms with Gasteiger partial charge in [0.05, 0.1) is 16.5 Å². The number of nitrogens with zero attached hydrogens (tertiary/aromatic N) is 3. The minimum Gasteiger partial charge on any atom is -0.452 e. The lowest BCUT2D eigenvalue weighted by molar-refractivity contribution is -0.130. The number of ether oxygens (including phenoxy) is 1. The molecule has 1 aliphatic heterocycles. The zero-order valence-corrected chi connectivity index (χ0v) is 19.4. The number of nitrogens with one attached hydrogen (secondary N) is 1. The summed E-state index contributed by atoms with van der Waals surface area (Å²) in [6, 6.07) is 7.40. The Labute approximate surface area is 188 Å². The molecule has 2 amide bonds. The number of rotatable bonds is 7. The van der Waals surface area contributed by atoms with Gasteiger partial charge in [-0.15, -0.1) is 0 Å². The number of carbonyl (C=O) groups excluding carboxylic acids is 3. The predicted octanol–water partition coefficient (Wildman–Crippen LogP) is 0.751. The van der Waals surface area contributed by atoms with Crippen LogP contribution in [0.5, 0.6) is 0 Å². The molecule has 0 radical (unpaired) electrons. The number of hydrogen-bond acceptors (Lipinski definition) is 7. The molecule has 1 aliphatic rings. The van der Waals surface area contributed by atoms with Crippen LogP contribution in [0, 0.1) is 17.2 Å². The van der Waals surface area contributed by atoms with Gasteiger partial charge in [0.2, 0.25) is 15.9 Å². The summed E-state index contributed by atoms with van der Waals surface area (Å²) in [5, 5.41) is 11.8. The molecule has 1 saturated heterocycles. The second kappa shape index (κ2) is 10.1. The van der Waals surface area contributed by atoms with E-state index in [1.165, 1.54) is 35.5 Å². The Morgan fingerprint density at radius 2 is 1.84 bits per heavy atom. The molecule has 1 atom stereocenters. The van der Waals surface area contributed by atoms with Crippen molar-refractivity contribution in [3.63, 3.8) is 0 Å². The molecule has 0 unspecified atom stereocenters. The fourth-order valence-corrected chi connectivity index (χ4v) is 4.49. The molecular weight excluding hydrogens is 436 g/mol. The monoisotopic (exact) mass is 464 g/mol. The number of nitriles is 1. The molecule has 1 heterocycles. The average molecular weight is 465 g/mol. The summed E-state index contributed by atoms with van der Waals surface area (Å²) in [5.41, 5.74) is -1.13. The van der Waals surface area contributed by atoms with Crippen molar-refractivity contribution in [2.75, 3.05) is 32.8 Å². The minimum atomic E-state index is -3.86. The van der Waals surface area contributed by atoms with Crippen LogP contribution in [0.4, 0.5) is 0 Å². The largest absolute Gasteiger partial charge is 0.452 e. The standard InChI is InChI=1S/C21H28N4O6S/c1-15(2)21(4,14-22)23-19(27)13-31-20(28)17-6-5-7-18(12-17)32(29,30)25-10-8-24(9-11-25)16(3)26/h5-7,12,15H,8-11,13H2,1-4H3,(H,23,27)/t21-/m1/s1. The third-order valence-corrected chi connectivity index (χ3v) is 7.41. The van der Waals surface area contributed by atoms with E-state index in [4.69, 9.17) is 4.74 Å². The van der Waals surface area contributed by atoms with E-state index in [0.717, 1.165) is 0 Å². The van der Waals surface area contributed by atoms with Crippen LogP contribution in [0.3, 0.4) is 0 Å². The van der Waals surface area contributed by atoms with Gasteiger partial charge in [0.1, 0.15) is 5.54 Å². The lowest BCUT2D eigenvalue weighted by Gasteiger charge is -2.33. The van der Waals surface area contributed by atoms with Gasteiger partial charge in [-0.1, -0.05) is 19.9 Å². The molecule has 1 aromatic rings. The first-order valence-electron chi connectivity index (χ1n) is 10.2. The first-order chi connectivity index (χ1) is 14.9. The summed E-state index contributed by atoms with van der Waals surface area (Å²) >= 11 is 0. The lowest BCUT2D eigenvalue weighted by atomic mass is 9.90. The third-order valence-electron chi connectivity index (χ3n) is 5.51. The number of sulfonamides is 1. The highest BCUT2D eigenvalue weighted by Gasteiger charge is 2.31. The number of carbonyl (C=O) groups is 3. The number of piperazine rings is 1. The van der Waals surface area contributed by atoms with Gasteiger partial charge in [-0.05, 0) is 31.0 Å². The maximum absolute atomic E-state index is 12.9. The molecule has 174 valence electrons. The fourth-order valence-electron chi connectivity index (χ4n) is 3.02. The highest BCUT2D eigenvalue weighted by molar-refractivity contribution is 7.89. The fraction of sp³-hybridized carbons (Fsp3) is 0.524. The minimum absolute atomic E-state index is 0.0202. The van der Waals surface area contributed by atoms with Crippen LogP contribution < -0.4 is 5.32 Å². The lowest BCUT2D eigenvalue weighted by Crippen LogP contribution is -2.50. The van der Waals surface area contributed by atoms with Gasteiger partial charge in [0.15, 0.2) is 6.61 Å². The molecule has 0 aliphatic carbocycles. The second-order valence-corrected chi connectivity index (χ2v) is 9.97. The van der Waals surface area contributed by atoms with Crippen molar-refractivity contribution in [3.05, 3.63) is 29.8 Å². The summed E-state index contributed by atoms with van der Waals surface area (Å²) in [6.45, 7) is 6.86. The van der Waals surface area contributed by atoms with Crippen LogP contribution in [0.15, 0.2) is 29.2 Å². The zero-order valence-electron chi connectivity index (χ0n) is 18.6. The molecule has 1 N–H and O–H groups in total. The molecule has 10 nitrogen and oxygen atoms in total. The Morgan fingerprint density at radius 3 is 2.38 bits per heavy atom. The van der Waals surface area contributed by atoms with E-state index in [-0.39, 0.29) is 35.4 Å². The highest BCUT2D eigenvalue weighted by Crippen LogP contribution is 2.20. The number of benzene rings is 1. The first-order valence-corrected chi connectivity index (χ1v) is 11.6. The molecule has 1 fully saturated rings. The van der Waals surface area contributed by atoms with Crippen LogP contribution in [0.2, 0.25) is 0 Å². The van der Waals surface area contributed by atoms with Gasteiger partial charge in [-0.3, -0.25) is 9.59 Å². The van der Waals surface area contributed by atoms with Gasteiger partial charge < -0.3 is 15.0 Å². The summed E-state index contributed by atoms with van der Waals surface area (Å²) in [4.78, 5) is 37.4. The second-order valence-electron chi connectivity index (χ2n) is 8.03. The third kappa shape index (κ3) is 5.83. The number of amides is 2. The van der Waals surface area contributed by atoms with Crippen LogP contribution >= 0.6 is 0 Å². The van der Waals surface area contributed by atoms with Gasteiger partial charge in [0, 0.05) is 33.1 Å². The molecule has 0 spiro atoms. The van der Waals surface area contributed by atoms with Crippen molar-refractivity contribution < 1.29 is 27.5 Å². The van der Waals surface area contributed by atoms with E-state index in [2.05, 4.69) is 5.32 Å². The van der Waals surface area contributed by atoms with Crippen molar-refractivity contribution in [2.45, 2.75) is 38.1 Å². The Balaban J connectivity index is 2.04. The van der Waals surface area contributed by atoms with E-state index >= 15 is 0 Å². The summed E-state index contributed by atoms with van der Waals surface area (Å²) in [6.07, 6.45) is 0. The Bertz CT molecular complexity index is 1020. The van der Waals surface area contributed by atoms with Crippen molar-refractivity contribution in [3.8, 4) is 6.07 Å². The molecule has 32 heavy (non-hydrogen) atoms. The summed E-state index contributed by atoms with van der Waals surface area (Å²) < 4.78 is 32.1. The molecular formula is C21H28N4O6S. The normalized spacial score (nSPS) is 16.7. The maximum Gasteiger partial charge on any atom is 0.338 e. The van der Waals surface area contributed by atoms with Crippen molar-refractivity contribution in [2.24, 2.45) is 5.92 Å². The summed E-state index contributed by atoms with van der Waals surface area (Å²) in [5.74, 6) is -1.77. The van der Waals surface area contributed by atoms with Crippen molar-refractivity contribution in [1.29, 1.82) is 5.26 Å². The Hall–Kier alpha value is -2.97. The number of esters is 1. The van der Waals surface area contributed by atoms with E-state index in [0.29, 0.717) is 13.1 Å². The van der Waals surface area contributed by atoms with Gasteiger partial charge in [0.25, 0.3) is 5.91 Å². The van der Waals surface area contributed by atoms with Gasteiger partial charge in [-0.2, -0.15) is 9.57 Å². The Morgan fingerprint density at radius 1 is 1.22 bits per heavy atom. The first kappa shape index (κ1) is 25.3. The maximum atomic E-state index is 12.9. The molecule has 0 bridgehead atoms. The van der Waals surface area contributed by atoms with Crippen molar-refractivity contribution in [1.82, 2.24) is 14.5 Å². The SMILES string of the molecule is CC(=O)N1CCN(S(=O)(=O)c2cccc(C(=O)OCC(=O)N[C@](C)(C#N)C(C)C)c2)CC1. The molecule has 2 rings (SSSR count). The molecule has 11 heteroatoms. The Kier molecular flexibility index (Phi) is 7.98. The van der Waals surface area contributed by atoms with Gasteiger partial charge in [-0.25, -0.2) is 13.2 Å². The average Bonchev–Trinajstić information content (AvgIpc) is 2.77. The van der Waals surface area contributed by atoms with Crippen LogP contribution in [0.25, 0.3) is 0 Å². The topological polar surface area (TPSA) is 137 Å². The quantitative estimate of drug-likeness (QED) is 0.588. The molecule has 1 aromatic carbocycles. The zero-order chi connectivity index (χ0) is 24.1. The van der Waals surface area contributed by atoms with Gasteiger partial charge >= 0.3 is 5.97 Å².